The van der Waals surface area contributed by atoms with Crippen molar-refractivity contribution >= 4 is 11.8 Å². The molecule has 3 aliphatic rings. The molecule has 3 heterocycles. The quantitative estimate of drug-likeness (QED) is 0.891. The summed E-state index contributed by atoms with van der Waals surface area (Å²) in [5, 5.41) is 3.16. The van der Waals surface area contributed by atoms with Crippen LogP contribution in [0.25, 0.3) is 0 Å². The Bertz CT molecular complexity index is 638. The molecule has 6 heteroatoms. The number of likely N-dealkylation sites (tertiary alicyclic amines) is 2. The molecule has 1 aliphatic carbocycles. The van der Waals surface area contributed by atoms with Gasteiger partial charge in [-0.05, 0) is 57.2 Å². The van der Waals surface area contributed by atoms with Crippen molar-refractivity contribution < 1.29 is 9.59 Å². The molecule has 0 radical (unpaired) electrons. The van der Waals surface area contributed by atoms with Crippen LogP contribution in [0.15, 0.2) is 24.4 Å². The van der Waals surface area contributed by atoms with Crippen molar-refractivity contribution in [3.63, 3.8) is 0 Å². The monoisotopic (exact) mass is 356 g/mol. The third-order valence-corrected chi connectivity index (χ3v) is 5.90. The van der Waals surface area contributed by atoms with Crippen LogP contribution in [0.2, 0.25) is 0 Å². The third-order valence-electron chi connectivity index (χ3n) is 5.90. The zero-order chi connectivity index (χ0) is 17.9. The number of nitrogens with zero attached hydrogens (tertiary/aromatic N) is 3. The van der Waals surface area contributed by atoms with Crippen LogP contribution < -0.4 is 5.32 Å². The van der Waals surface area contributed by atoms with Crippen LogP contribution in [0, 0.1) is 5.92 Å². The van der Waals surface area contributed by atoms with Gasteiger partial charge in [0.25, 0.3) is 5.91 Å². The highest BCUT2D eigenvalue weighted by atomic mass is 16.2. The van der Waals surface area contributed by atoms with Crippen molar-refractivity contribution in [1.29, 1.82) is 0 Å². The van der Waals surface area contributed by atoms with Gasteiger partial charge in [0.2, 0.25) is 5.91 Å². The average molecular weight is 356 g/mol. The van der Waals surface area contributed by atoms with E-state index in [0.717, 1.165) is 64.7 Å². The summed E-state index contributed by atoms with van der Waals surface area (Å²) in [7, 11) is 0. The van der Waals surface area contributed by atoms with E-state index in [4.69, 9.17) is 0 Å². The van der Waals surface area contributed by atoms with Crippen molar-refractivity contribution in [2.45, 2.75) is 50.6 Å². The predicted molar refractivity (Wildman–Crippen MR) is 98.6 cm³/mol. The topological polar surface area (TPSA) is 65.5 Å². The van der Waals surface area contributed by atoms with Crippen molar-refractivity contribution in [3.8, 4) is 0 Å². The van der Waals surface area contributed by atoms with E-state index in [1.54, 1.807) is 12.3 Å². The average Bonchev–Trinajstić information content (AvgIpc) is 3.52. The number of nitrogens with one attached hydrogen (secondary N) is 1. The maximum absolute atomic E-state index is 12.5. The van der Waals surface area contributed by atoms with Gasteiger partial charge in [0, 0.05) is 37.9 Å². The highest BCUT2D eigenvalue weighted by Crippen LogP contribution is 2.26. The molecular weight excluding hydrogens is 328 g/mol. The lowest BCUT2D eigenvalue weighted by Gasteiger charge is -2.42. The lowest BCUT2D eigenvalue weighted by Crippen LogP contribution is -2.51. The number of piperidine rings is 2. The Kier molecular flexibility index (Phi) is 5.20. The molecule has 2 saturated heterocycles. The van der Waals surface area contributed by atoms with Gasteiger partial charge in [0.05, 0.1) is 5.92 Å². The van der Waals surface area contributed by atoms with Crippen molar-refractivity contribution in [2.24, 2.45) is 5.92 Å². The summed E-state index contributed by atoms with van der Waals surface area (Å²) in [6.45, 7) is 3.49. The Morgan fingerprint density at radius 2 is 1.85 bits per heavy atom. The summed E-state index contributed by atoms with van der Waals surface area (Å²) in [6.07, 6.45) is 8.02. The number of pyridine rings is 1. The van der Waals surface area contributed by atoms with Crippen LogP contribution in [-0.4, -0.2) is 64.9 Å². The molecule has 26 heavy (non-hydrogen) atoms. The molecule has 0 aromatic carbocycles. The summed E-state index contributed by atoms with van der Waals surface area (Å²) < 4.78 is 0. The number of carbonyl (C=O) groups excluding carboxylic acids is 2. The molecular formula is C20H28N4O2. The van der Waals surface area contributed by atoms with Gasteiger partial charge in [-0.3, -0.25) is 19.5 Å². The van der Waals surface area contributed by atoms with E-state index in [-0.39, 0.29) is 17.7 Å². The lowest BCUT2D eigenvalue weighted by molar-refractivity contribution is -0.127. The van der Waals surface area contributed by atoms with Gasteiger partial charge in [-0.15, -0.1) is 0 Å². The molecule has 4 rings (SSSR count). The van der Waals surface area contributed by atoms with Crippen LogP contribution >= 0.6 is 0 Å². The molecule has 1 saturated carbocycles. The van der Waals surface area contributed by atoms with Crippen molar-refractivity contribution in [1.82, 2.24) is 20.1 Å². The molecule has 0 spiro atoms. The maximum Gasteiger partial charge on any atom is 0.272 e. The summed E-state index contributed by atoms with van der Waals surface area (Å²) in [5.74, 6) is 0.418. The number of aromatic nitrogens is 1. The van der Waals surface area contributed by atoms with E-state index in [0.29, 0.717) is 17.8 Å². The molecule has 3 fully saturated rings. The minimum absolute atomic E-state index is 0.0318. The largest absolute Gasteiger partial charge is 0.353 e. The first-order valence-electron chi connectivity index (χ1n) is 9.95. The summed E-state index contributed by atoms with van der Waals surface area (Å²) in [6, 6.07) is 6.39. The van der Waals surface area contributed by atoms with Gasteiger partial charge in [0.1, 0.15) is 5.69 Å². The minimum Gasteiger partial charge on any atom is -0.353 e. The minimum atomic E-state index is 0.0318. The van der Waals surface area contributed by atoms with E-state index < -0.39 is 0 Å². The highest BCUT2D eigenvalue weighted by molar-refractivity contribution is 5.92. The summed E-state index contributed by atoms with van der Waals surface area (Å²) >= 11 is 0. The van der Waals surface area contributed by atoms with Gasteiger partial charge < -0.3 is 10.2 Å². The van der Waals surface area contributed by atoms with Crippen molar-refractivity contribution in [3.05, 3.63) is 30.1 Å². The smallest absolute Gasteiger partial charge is 0.272 e. The molecule has 6 nitrogen and oxygen atoms in total. The number of amides is 2. The first-order valence-corrected chi connectivity index (χ1v) is 9.95. The number of rotatable bonds is 4. The number of hydrogen-bond donors (Lipinski definition) is 1. The molecule has 1 unspecified atom stereocenters. The first-order chi connectivity index (χ1) is 12.7. The Labute approximate surface area is 155 Å². The first kappa shape index (κ1) is 17.5. The standard InChI is InChI=1S/C20H28N4O2/c25-19(22-16-6-7-16)15-4-3-11-24(14-15)17-8-12-23(13-9-17)20(26)18-5-1-2-10-21-18/h1-2,5,10,15-17H,3-4,6-9,11-14H2,(H,22,25). The summed E-state index contributed by atoms with van der Waals surface area (Å²) in [5.41, 5.74) is 0.528. The van der Waals surface area contributed by atoms with Gasteiger partial charge in [0.15, 0.2) is 0 Å². The van der Waals surface area contributed by atoms with Crippen LogP contribution in [0.4, 0.5) is 0 Å². The molecule has 1 aromatic rings. The lowest BCUT2D eigenvalue weighted by atomic mass is 9.93. The maximum atomic E-state index is 12.5. The highest BCUT2D eigenvalue weighted by Gasteiger charge is 2.34. The normalized spacial score (nSPS) is 25.1. The van der Waals surface area contributed by atoms with Gasteiger partial charge in [-0.25, -0.2) is 0 Å². The van der Waals surface area contributed by atoms with Crippen LogP contribution in [0.1, 0.15) is 49.0 Å². The SMILES string of the molecule is O=C(NC1CC1)C1CCCN(C2CCN(C(=O)c3ccccn3)CC2)C1. The Hall–Kier alpha value is -1.95. The van der Waals surface area contributed by atoms with E-state index >= 15 is 0 Å². The van der Waals surface area contributed by atoms with E-state index in [2.05, 4.69) is 15.2 Å². The van der Waals surface area contributed by atoms with Gasteiger partial charge in [-0.2, -0.15) is 0 Å². The third kappa shape index (κ3) is 4.06. The molecule has 1 N–H and O–H groups in total. The van der Waals surface area contributed by atoms with Gasteiger partial charge in [-0.1, -0.05) is 6.07 Å². The van der Waals surface area contributed by atoms with Crippen LogP contribution in [-0.2, 0) is 4.79 Å². The zero-order valence-electron chi connectivity index (χ0n) is 15.3. The zero-order valence-corrected chi connectivity index (χ0v) is 15.3. The van der Waals surface area contributed by atoms with E-state index in [1.165, 1.54) is 0 Å². The van der Waals surface area contributed by atoms with Crippen LogP contribution in [0.5, 0.6) is 0 Å². The number of hydrogen-bond acceptors (Lipinski definition) is 4. The second-order valence-electron chi connectivity index (χ2n) is 7.86. The second kappa shape index (κ2) is 7.74. The molecule has 140 valence electrons. The van der Waals surface area contributed by atoms with Crippen LogP contribution in [0.3, 0.4) is 0 Å². The fourth-order valence-electron chi connectivity index (χ4n) is 4.18. The van der Waals surface area contributed by atoms with Gasteiger partial charge >= 0.3 is 0 Å². The molecule has 2 aliphatic heterocycles. The Morgan fingerprint density at radius 1 is 1.04 bits per heavy atom. The molecule has 1 aromatic heterocycles. The second-order valence-corrected chi connectivity index (χ2v) is 7.86. The van der Waals surface area contributed by atoms with E-state index in [1.807, 2.05) is 17.0 Å². The molecule has 1 atom stereocenters. The summed E-state index contributed by atoms with van der Waals surface area (Å²) in [4.78, 5) is 33.5. The Morgan fingerprint density at radius 3 is 2.54 bits per heavy atom. The fraction of sp³-hybridized carbons (Fsp3) is 0.650. The fourth-order valence-corrected chi connectivity index (χ4v) is 4.18. The van der Waals surface area contributed by atoms with Crippen molar-refractivity contribution in [2.75, 3.05) is 26.2 Å². The number of carbonyl (C=O) groups is 2. The predicted octanol–water partition coefficient (Wildman–Crippen LogP) is 1.68. The van der Waals surface area contributed by atoms with E-state index in [9.17, 15) is 9.59 Å². The molecule has 0 bridgehead atoms. The molecule has 2 amide bonds. The Balaban J connectivity index is 1.28.